The molecule has 2 aliphatic heterocycles. The molecular formula is C27H27FN6O. The number of nitrogens with zero attached hydrogens (tertiary/aromatic N) is 5. The molecule has 2 aromatic carbocycles. The van der Waals surface area contributed by atoms with Crippen LogP contribution < -0.4 is 10.2 Å². The molecule has 2 aliphatic rings. The number of aromatic nitrogens is 2. The van der Waals surface area contributed by atoms with Crippen molar-refractivity contribution in [3.05, 3.63) is 82.6 Å². The Bertz CT molecular complexity index is 1340. The number of nitriles is 1. The van der Waals surface area contributed by atoms with Gasteiger partial charge >= 0.3 is 0 Å². The summed E-state index contributed by atoms with van der Waals surface area (Å²) in [5, 5.41) is 12.6. The van der Waals surface area contributed by atoms with E-state index in [-0.39, 0.29) is 11.5 Å². The summed E-state index contributed by atoms with van der Waals surface area (Å²) in [4.78, 5) is 27.4. The van der Waals surface area contributed by atoms with Gasteiger partial charge in [-0.1, -0.05) is 30.3 Å². The molecule has 7 nitrogen and oxygen atoms in total. The standard InChI is InChI=1S/C27H27FN6O/c1-17(21-11-7-8-19(14-29)23(21)28)30-25-22-15-34(20-9-5-4-6-10-20)26(35)27(12-13-33(3)16-27)24(22)31-18(2)32-25/h4-11,17H,12-13,15-16H2,1-3H3,(H,30,31,32)/t17-,27-/m1/s1. The van der Waals surface area contributed by atoms with Crippen LogP contribution in [0.1, 0.15) is 47.6 Å². The van der Waals surface area contributed by atoms with Crippen molar-refractivity contribution in [1.29, 1.82) is 5.26 Å². The topological polar surface area (TPSA) is 85.1 Å². The normalized spacial score (nSPS) is 20.5. The monoisotopic (exact) mass is 470 g/mol. The van der Waals surface area contributed by atoms with Gasteiger partial charge in [0.2, 0.25) is 5.91 Å². The van der Waals surface area contributed by atoms with Gasteiger partial charge in [-0.2, -0.15) is 5.26 Å². The number of hydrogen-bond acceptors (Lipinski definition) is 6. The number of carbonyl (C=O) groups is 1. The highest BCUT2D eigenvalue weighted by molar-refractivity contribution is 6.03. The van der Waals surface area contributed by atoms with Gasteiger partial charge in [0.15, 0.2) is 0 Å². The molecule has 8 heteroatoms. The van der Waals surface area contributed by atoms with Crippen LogP contribution in [0.2, 0.25) is 0 Å². The van der Waals surface area contributed by atoms with E-state index >= 15 is 0 Å². The zero-order valence-electron chi connectivity index (χ0n) is 20.0. The van der Waals surface area contributed by atoms with E-state index in [4.69, 9.17) is 4.98 Å². The molecule has 1 spiro atoms. The highest BCUT2D eigenvalue weighted by Gasteiger charge is 2.53. The average Bonchev–Trinajstić information content (AvgIpc) is 3.25. The van der Waals surface area contributed by atoms with E-state index in [1.807, 2.05) is 62.2 Å². The number of benzene rings is 2. The van der Waals surface area contributed by atoms with Crippen LogP contribution in [0.25, 0.3) is 0 Å². The van der Waals surface area contributed by atoms with Gasteiger partial charge in [-0.15, -0.1) is 0 Å². The van der Waals surface area contributed by atoms with Crippen molar-refractivity contribution < 1.29 is 9.18 Å². The first kappa shape index (κ1) is 22.9. The summed E-state index contributed by atoms with van der Waals surface area (Å²) in [7, 11) is 2.02. The van der Waals surface area contributed by atoms with Crippen molar-refractivity contribution in [2.24, 2.45) is 0 Å². The predicted octanol–water partition coefficient (Wildman–Crippen LogP) is 4.09. The Labute approximate surface area is 204 Å². The summed E-state index contributed by atoms with van der Waals surface area (Å²) < 4.78 is 14.9. The van der Waals surface area contributed by atoms with Crippen LogP contribution in [0.3, 0.4) is 0 Å². The first-order valence-electron chi connectivity index (χ1n) is 11.7. The average molecular weight is 471 g/mol. The molecule has 1 N–H and O–H groups in total. The van der Waals surface area contributed by atoms with Crippen molar-refractivity contribution in [1.82, 2.24) is 14.9 Å². The van der Waals surface area contributed by atoms with E-state index in [1.54, 1.807) is 12.1 Å². The van der Waals surface area contributed by atoms with E-state index in [9.17, 15) is 14.4 Å². The zero-order valence-corrected chi connectivity index (χ0v) is 20.0. The Morgan fingerprint density at radius 3 is 2.63 bits per heavy atom. The van der Waals surface area contributed by atoms with E-state index in [1.165, 1.54) is 6.07 Å². The van der Waals surface area contributed by atoms with Gasteiger partial charge in [0.05, 0.1) is 23.8 Å². The summed E-state index contributed by atoms with van der Waals surface area (Å²) in [5.74, 6) is 0.652. The molecule has 1 aromatic heterocycles. The summed E-state index contributed by atoms with van der Waals surface area (Å²) in [5.41, 5.74) is 2.05. The van der Waals surface area contributed by atoms with Crippen LogP contribution in [0, 0.1) is 24.1 Å². The summed E-state index contributed by atoms with van der Waals surface area (Å²) >= 11 is 0. The van der Waals surface area contributed by atoms with Gasteiger partial charge in [0.1, 0.15) is 28.9 Å². The number of anilines is 2. The first-order valence-corrected chi connectivity index (χ1v) is 11.7. The van der Waals surface area contributed by atoms with Crippen LogP contribution >= 0.6 is 0 Å². The zero-order chi connectivity index (χ0) is 24.7. The third kappa shape index (κ3) is 3.82. The molecule has 1 saturated heterocycles. The lowest BCUT2D eigenvalue weighted by Gasteiger charge is -2.40. The van der Waals surface area contributed by atoms with Crippen LogP contribution in [-0.2, 0) is 16.8 Å². The number of halogens is 1. The fourth-order valence-corrected chi connectivity index (χ4v) is 5.29. The lowest BCUT2D eigenvalue weighted by molar-refractivity contribution is -0.124. The molecule has 0 unspecified atom stereocenters. The Morgan fingerprint density at radius 2 is 1.94 bits per heavy atom. The maximum atomic E-state index is 14.9. The second-order valence-corrected chi connectivity index (χ2v) is 9.43. The molecule has 0 aliphatic carbocycles. The van der Waals surface area contributed by atoms with Crippen molar-refractivity contribution in [2.45, 2.75) is 38.3 Å². The number of carbonyl (C=O) groups excluding carboxylic acids is 1. The fraction of sp³-hybridized carbons (Fsp3) is 0.333. The quantitative estimate of drug-likeness (QED) is 0.618. The molecular weight excluding hydrogens is 443 g/mol. The van der Waals surface area contributed by atoms with Crippen molar-refractivity contribution in [3.63, 3.8) is 0 Å². The number of para-hydroxylation sites is 1. The molecule has 35 heavy (non-hydrogen) atoms. The van der Waals surface area contributed by atoms with Gasteiger partial charge in [0, 0.05) is 23.4 Å². The summed E-state index contributed by atoms with van der Waals surface area (Å²) in [6, 6.07) is 15.9. The minimum atomic E-state index is -0.766. The Balaban J connectivity index is 1.62. The highest BCUT2D eigenvalue weighted by atomic mass is 19.1. The maximum Gasteiger partial charge on any atom is 0.240 e. The molecule has 0 saturated carbocycles. The van der Waals surface area contributed by atoms with E-state index < -0.39 is 17.3 Å². The third-order valence-corrected chi connectivity index (χ3v) is 7.04. The van der Waals surface area contributed by atoms with E-state index in [0.717, 1.165) is 23.5 Å². The number of rotatable bonds is 4. The molecule has 0 bridgehead atoms. The number of likely N-dealkylation sites (tertiary alicyclic amines) is 1. The third-order valence-electron chi connectivity index (χ3n) is 7.04. The van der Waals surface area contributed by atoms with Crippen molar-refractivity contribution in [3.8, 4) is 6.07 Å². The van der Waals surface area contributed by atoms with Gasteiger partial charge in [-0.3, -0.25) is 4.79 Å². The van der Waals surface area contributed by atoms with Gasteiger partial charge in [0.25, 0.3) is 0 Å². The molecule has 2 atom stereocenters. The Kier molecular flexibility index (Phi) is 5.73. The number of aryl methyl sites for hydroxylation is 1. The first-order chi connectivity index (χ1) is 16.8. The Hall–Kier alpha value is -3.83. The largest absolute Gasteiger partial charge is 0.363 e. The number of hydrogen-bond donors (Lipinski definition) is 1. The van der Waals surface area contributed by atoms with E-state index in [2.05, 4.69) is 15.2 Å². The molecule has 0 radical (unpaired) electrons. The van der Waals surface area contributed by atoms with Crippen LogP contribution in [0.4, 0.5) is 15.9 Å². The molecule has 1 fully saturated rings. The van der Waals surface area contributed by atoms with Gasteiger partial charge in [-0.05, 0) is 52.1 Å². The van der Waals surface area contributed by atoms with Crippen LogP contribution in [0.5, 0.6) is 0 Å². The molecule has 3 aromatic rings. The highest BCUT2D eigenvalue weighted by Crippen LogP contribution is 2.44. The lowest BCUT2D eigenvalue weighted by atomic mass is 9.76. The van der Waals surface area contributed by atoms with Crippen molar-refractivity contribution in [2.75, 3.05) is 30.4 Å². The second kappa shape index (κ2) is 8.75. The van der Waals surface area contributed by atoms with Crippen LogP contribution in [-0.4, -0.2) is 40.9 Å². The minimum absolute atomic E-state index is 0.00541. The summed E-state index contributed by atoms with van der Waals surface area (Å²) in [6.07, 6.45) is 0.670. The predicted molar refractivity (Wildman–Crippen MR) is 131 cm³/mol. The molecule has 5 rings (SSSR count). The molecule has 1 amide bonds. The molecule has 3 heterocycles. The summed E-state index contributed by atoms with van der Waals surface area (Å²) in [6.45, 7) is 5.34. The number of fused-ring (bicyclic) bond motifs is 2. The molecule has 178 valence electrons. The van der Waals surface area contributed by atoms with Crippen molar-refractivity contribution >= 4 is 17.4 Å². The lowest BCUT2D eigenvalue weighted by Crippen LogP contribution is -2.53. The fourth-order valence-electron chi connectivity index (χ4n) is 5.29. The Morgan fingerprint density at radius 1 is 1.17 bits per heavy atom. The van der Waals surface area contributed by atoms with E-state index in [0.29, 0.717) is 36.7 Å². The maximum absolute atomic E-state index is 14.9. The number of nitrogens with one attached hydrogen (secondary N) is 1. The van der Waals surface area contributed by atoms with Gasteiger partial charge in [-0.25, -0.2) is 14.4 Å². The van der Waals surface area contributed by atoms with Crippen LogP contribution in [0.15, 0.2) is 48.5 Å². The SMILES string of the molecule is Cc1nc(N[C@H](C)c2cccc(C#N)c2F)c2c(n1)[C@]1(CCN(C)C1)C(=O)N(c1ccccc1)C2. The minimum Gasteiger partial charge on any atom is -0.363 e. The second-order valence-electron chi connectivity index (χ2n) is 9.43. The smallest absolute Gasteiger partial charge is 0.240 e. The van der Waals surface area contributed by atoms with Gasteiger partial charge < -0.3 is 15.1 Å². The number of likely N-dealkylation sites (N-methyl/N-ethyl adjacent to an activating group) is 1. The number of amides is 1.